The van der Waals surface area contributed by atoms with Crippen LogP contribution in [-0.2, 0) is 79.6 Å². The summed E-state index contributed by atoms with van der Waals surface area (Å²) >= 11 is 6.15. The van der Waals surface area contributed by atoms with E-state index in [0.29, 0.717) is 57.8 Å². The van der Waals surface area contributed by atoms with E-state index in [1.165, 1.54) is 72.7 Å². The molecule has 103 heavy (non-hydrogen) atoms. The van der Waals surface area contributed by atoms with E-state index in [9.17, 15) is 37.1 Å². The van der Waals surface area contributed by atoms with E-state index in [2.05, 4.69) is 21.3 Å². The van der Waals surface area contributed by atoms with Crippen LogP contribution in [0.5, 0.6) is 0 Å². The maximum Gasteiger partial charge on any atom is 0.417 e. The number of rotatable bonds is 13. The number of halogens is 4. The lowest BCUT2D eigenvalue weighted by atomic mass is 9.90. The molecule has 5 aliphatic heterocycles. The average Bonchev–Trinajstić information content (AvgIpc) is 1.75. The van der Waals surface area contributed by atoms with Crippen molar-refractivity contribution in [1.82, 2.24) is 60.5 Å². The topological polar surface area (TPSA) is 297 Å². The van der Waals surface area contributed by atoms with E-state index in [-0.39, 0.29) is 108 Å². The Morgan fingerprint density at radius 3 is 1.95 bits per heavy atom. The van der Waals surface area contributed by atoms with E-state index >= 15 is 33.6 Å². The predicted molar refractivity (Wildman–Crippen MR) is 372 cm³/mol. The number of nitrogens with one attached hydrogen (secondary N) is 4. The molecule has 8 aliphatic rings. The fraction of sp³-hybridized carbons (Fsp3) is 0.753. The van der Waals surface area contributed by atoms with E-state index in [0.717, 1.165) is 60.5 Å². The van der Waals surface area contributed by atoms with E-state index in [1.54, 1.807) is 11.8 Å². The molecule has 1 spiro atoms. The molecule has 12 amide bonds. The highest BCUT2D eigenvalue weighted by atomic mass is 35.5. The number of carbonyl (C=O) groups is 12. The summed E-state index contributed by atoms with van der Waals surface area (Å²) < 4.78 is 53.4. The molecular formula is C73H108ClF3N12O14. The van der Waals surface area contributed by atoms with Crippen LogP contribution in [0.1, 0.15) is 180 Å². The second-order valence-corrected chi connectivity index (χ2v) is 30.7. The second-order valence-electron chi connectivity index (χ2n) is 30.3. The van der Waals surface area contributed by atoms with Crippen molar-refractivity contribution in [3.8, 4) is 0 Å². The SMILES string of the molecule is CCCOC[C@H]1C(=O)N(C)CC(=O)N[C@@H](CCc2ccc(C(F)(F)F)c(Cl)c2)C(=O)N2CCC[C@H]2C(=O)NC2(CCCC2)C(=O)N(C)[C@@H](C2CCCC2)C(=O)N(C)[C@H](C(=O)N2C3CCC2COC3)CC(=O)N(C)[C@@H](CC2CCCC2)C(=O)N[C@@H]([C@@H](C)CC)C(=O)N[C@@H](C)C(=O)N2CC[C@H]2C(=O)N1C. The Morgan fingerprint density at radius 1 is 0.689 bits per heavy atom. The summed E-state index contributed by atoms with van der Waals surface area (Å²) in [6.45, 7) is 6.70. The second kappa shape index (κ2) is 34.8. The van der Waals surface area contributed by atoms with Gasteiger partial charge in [0.2, 0.25) is 70.9 Å². The molecule has 5 saturated heterocycles. The van der Waals surface area contributed by atoms with Gasteiger partial charge in [-0.15, -0.1) is 0 Å². The molecular weight excluding hydrogens is 1360 g/mol. The third-order valence-electron chi connectivity index (χ3n) is 23.3. The van der Waals surface area contributed by atoms with Gasteiger partial charge in [0, 0.05) is 54.9 Å². The smallest absolute Gasteiger partial charge is 0.379 e. The average molecular weight is 1470 g/mol. The van der Waals surface area contributed by atoms with Crippen LogP contribution in [0.25, 0.3) is 0 Å². The molecule has 3 aliphatic carbocycles. The lowest BCUT2D eigenvalue weighted by Gasteiger charge is -2.44. The zero-order valence-corrected chi connectivity index (χ0v) is 62.1. The number of likely N-dealkylation sites (N-methyl/N-ethyl adjacent to an activating group) is 5. The number of alkyl halides is 3. The molecule has 8 fully saturated rings. The normalized spacial score (nSPS) is 29.8. The zero-order valence-electron chi connectivity index (χ0n) is 61.3. The molecule has 2 unspecified atom stereocenters. The summed E-state index contributed by atoms with van der Waals surface area (Å²) in [5.41, 5.74) is -2.38. The number of benzene rings is 1. The standard InChI is InChI=1S/C73H108ClF3N12O14/c1-10-35-102-42-57-67(97)82(5)39-58(90)79-52(29-25-46-24-28-50(51(74)36-46)73(75,76)77)66(96)87-33-18-23-53(87)63(93)81-72(31-16-17-32-72)71(101)86(9)61(47-21-14-15-22-47)70(100)84(7)56(69(99)89-48-26-27-49(89)41-103-40-48)38-59(91)83(6)55(37-45-19-12-13-20-45)62(92)80-60(43(3)11-2)64(94)78-44(4)65(95)88-34-30-54(88)68(98)85(57)8/h24,28,36,43-45,47-49,52-57,60-61H,10-23,25-27,29-35,37-42H2,1-9H3,(H,78,94)(H,79,90)(H,80,92)(H,81,93)/t43-,44-,48?,49?,52-,53-,54-,55-,56-,57-,60-,61-/m0/s1. The van der Waals surface area contributed by atoms with Gasteiger partial charge in [0.1, 0.15) is 59.9 Å². The van der Waals surface area contributed by atoms with Gasteiger partial charge < -0.3 is 69.9 Å². The minimum absolute atomic E-state index is 0.0177. The van der Waals surface area contributed by atoms with Crippen molar-refractivity contribution < 1.29 is 80.2 Å². The van der Waals surface area contributed by atoms with E-state index in [1.807, 2.05) is 13.8 Å². The van der Waals surface area contributed by atoms with Crippen molar-refractivity contribution in [2.45, 2.75) is 254 Å². The molecule has 9 rings (SSSR count). The third kappa shape index (κ3) is 18.2. The molecule has 1 aromatic carbocycles. The highest BCUT2D eigenvalue weighted by Crippen LogP contribution is 2.40. The Bertz CT molecular complexity index is 3280. The predicted octanol–water partition coefficient (Wildman–Crippen LogP) is 4.59. The van der Waals surface area contributed by atoms with Gasteiger partial charge >= 0.3 is 6.18 Å². The van der Waals surface area contributed by atoms with Gasteiger partial charge in [-0.2, -0.15) is 13.2 Å². The van der Waals surface area contributed by atoms with Gasteiger partial charge in [-0.05, 0) is 126 Å². The number of hydrogen-bond acceptors (Lipinski definition) is 14. The lowest BCUT2D eigenvalue weighted by molar-refractivity contribution is -0.159. The summed E-state index contributed by atoms with van der Waals surface area (Å²) in [6.07, 6.45) is 4.65. The molecule has 5 heterocycles. The van der Waals surface area contributed by atoms with Crippen LogP contribution in [-0.4, -0.2) is 263 Å². The summed E-state index contributed by atoms with van der Waals surface area (Å²) in [5, 5.41) is 11.0. The molecule has 1 aromatic rings. The summed E-state index contributed by atoms with van der Waals surface area (Å²) in [5.74, 6) is -8.85. The Labute approximate surface area is 607 Å². The molecule has 0 aromatic heterocycles. The van der Waals surface area contributed by atoms with E-state index in [4.69, 9.17) is 21.1 Å². The summed E-state index contributed by atoms with van der Waals surface area (Å²) in [4.78, 5) is 191. The molecule has 2 bridgehead atoms. The van der Waals surface area contributed by atoms with Crippen LogP contribution in [0.3, 0.4) is 0 Å². The fourth-order valence-corrected chi connectivity index (χ4v) is 17.2. The highest BCUT2D eigenvalue weighted by Gasteiger charge is 2.53. The van der Waals surface area contributed by atoms with Crippen molar-refractivity contribution in [3.05, 3.63) is 34.3 Å². The number of fused-ring (bicyclic) bond motifs is 4. The number of aryl methyl sites for hydroxylation is 1. The zero-order chi connectivity index (χ0) is 74.9. The van der Waals surface area contributed by atoms with Gasteiger partial charge in [-0.1, -0.05) is 96.2 Å². The number of carbonyl (C=O) groups excluding carboxylic acids is 12. The number of hydrogen-bond donors (Lipinski definition) is 4. The lowest BCUT2D eigenvalue weighted by Crippen LogP contribution is -2.65. The Balaban J connectivity index is 1.08. The molecule has 26 nitrogen and oxygen atoms in total. The fourth-order valence-electron chi connectivity index (χ4n) is 16.9. The molecule has 30 heteroatoms. The van der Waals surface area contributed by atoms with Crippen molar-refractivity contribution in [2.75, 3.05) is 81.3 Å². The Hall–Kier alpha value is -7.14. The number of ether oxygens (including phenoxy) is 2. The van der Waals surface area contributed by atoms with E-state index < -0.39 is 172 Å². The monoisotopic (exact) mass is 1470 g/mol. The molecule has 3 saturated carbocycles. The van der Waals surface area contributed by atoms with Crippen LogP contribution >= 0.6 is 11.6 Å². The first-order valence-electron chi connectivity index (χ1n) is 37.4. The van der Waals surface area contributed by atoms with Gasteiger partial charge in [0.05, 0.1) is 55.5 Å². The first-order valence-corrected chi connectivity index (χ1v) is 37.8. The number of nitrogens with zero attached hydrogens (tertiary/aromatic N) is 8. The van der Waals surface area contributed by atoms with Gasteiger partial charge in [-0.25, -0.2) is 0 Å². The van der Waals surface area contributed by atoms with Gasteiger partial charge in [0.15, 0.2) is 0 Å². The minimum Gasteiger partial charge on any atom is -0.379 e. The third-order valence-corrected chi connectivity index (χ3v) is 23.7. The maximum atomic E-state index is 15.9. The largest absolute Gasteiger partial charge is 0.417 e. The summed E-state index contributed by atoms with van der Waals surface area (Å²) in [7, 11) is 7.14. The molecule has 12 atom stereocenters. The quantitative estimate of drug-likeness (QED) is 0.197. The van der Waals surface area contributed by atoms with Crippen LogP contribution in [0.4, 0.5) is 13.2 Å². The van der Waals surface area contributed by atoms with Crippen LogP contribution < -0.4 is 21.3 Å². The first-order chi connectivity index (χ1) is 48.9. The number of amides is 12. The molecule has 572 valence electrons. The Kier molecular flexibility index (Phi) is 27.1. The Morgan fingerprint density at radius 2 is 1.34 bits per heavy atom. The van der Waals surface area contributed by atoms with Crippen LogP contribution in [0.15, 0.2) is 18.2 Å². The minimum atomic E-state index is -4.77. The van der Waals surface area contributed by atoms with Crippen LogP contribution in [0, 0.1) is 17.8 Å². The van der Waals surface area contributed by atoms with Crippen molar-refractivity contribution in [1.29, 1.82) is 0 Å². The highest BCUT2D eigenvalue weighted by molar-refractivity contribution is 6.31. The summed E-state index contributed by atoms with van der Waals surface area (Å²) in [6, 6.07) is -8.92. The van der Waals surface area contributed by atoms with Gasteiger partial charge in [-0.3, -0.25) is 57.5 Å². The molecule has 4 N–H and O–H groups in total. The maximum absolute atomic E-state index is 15.9. The van der Waals surface area contributed by atoms with Crippen LogP contribution in [0.2, 0.25) is 5.02 Å². The van der Waals surface area contributed by atoms with Crippen molar-refractivity contribution >= 4 is 82.5 Å². The molecule has 0 radical (unpaired) electrons. The van der Waals surface area contributed by atoms with Crippen molar-refractivity contribution in [3.63, 3.8) is 0 Å². The first kappa shape index (κ1) is 80.0. The van der Waals surface area contributed by atoms with Gasteiger partial charge in [0.25, 0.3) is 0 Å². The van der Waals surface area contributed by atoms with Crippen molar-refractivity contribution in [2.24, 2.45) is 17.8 Å². The number of morpholine rings is 1.